The monoisotopic (exact) mass is 398 g/mol. The fourth-order valence-electron chi connectivity index (χ4n) is 3.63. The number of benzene rings is 1. The topological polar surface area (TPSA) is 117 Å². The lowest BCUT2D eigenvalue weighted by molar-refractivity contribution is -0.145. The maximum absolute atomic E-state index is 13.4. The van der Waals surface area contributed by atoms with Crippen molar-refractivity contribution in [2.24, 2.45) is 5.73 Å². The first kappa shape index (κ1) is 20.2. The molecule has 0 aliphatic carbocycles. The van der Waals surface area contributed by atoms with Crippen molar-refractivity contribution in [1.82, 2.24) is 0 Å². The molecule has 1 aromatic rings. The van der Waals surface area contributed by atoms with Gasteiger partial charge in [-0.15, -0.1) is 0 Å². The molecule has 8 heteroatoms. The number of nitrogens with two attached hydrogens (primary N) is 1. The van der Waals surface area contributed by atoms with Crippen LogP contribution in [0.25, 0.3) is 0 Å². The van der Waals surface area contributed by atoms with Crippen LogP contribution in [0.15, 0.2) is 59.7 Å². The molecule has 2 aliphatic rings. The van der Waals surface area contributed by atoms with Crippen LogP contribution in [-0.4, -0.2) is 30.6 Å². The van der Waals surface area contributed by atoms with Crippen LogP contribution >= 0.6 is 0 Å². The average molecular weight is 398 g/mol. The van der Waals surface area contributed by atoms with E-state index in [0.29, 0.717) is 11.3 Å². The number of hydrogen-bond acceptors (Lipinski definition) is 7. The fourth-order valence-corrected chi connectivity index (χ4v) is 3.63. The number of allylic oxidation sites excluding steroid dienone is 1. The number of hydrogen-bond donors (Lipinski definition) is 2. The second kappa shape index (κ2) is 7.46. The quantitative estimate of drug-likeness (QED) is 0.576. The number of anilines is 1. The van der Waals surface area contributed by atoms with Crippen LogP contribution in [0, 0.1) is 0 Å². The highest BCUT2D eigenvalue weighted by molar-refractivity contribution is 6.21. The van der Waals surface area contributed by atoms with E-state index in [9.17, 15) is 14.4 Å². The molecule has 29 heavy (non-hydrogen) atoms. The normalized spacial score (nSPS) is 20.3. The lowest BCUT2D eigenvalue weighted by Gasteiger charge is -2.35. The van der Waals surface area contributed by atoms with E-state index in [1.54, 1.807) is 38.1 Å². The van der Waals surface area contributed by atoms with Crippen LogP contribution in [0.4, 0.5) is 5.69 Å². The number of carbonyl (C=O) groups excluding carboxylic acids is 3. The summed E-state index contributed by atoms with van der Waals surface area (Å²) in [6, 6.07) is 6.73. The summed E-state index contributed by atoms with van der Waals surface area (Å²) in [6.45, 7) is 8.24. The van der Waals surface area contributed by atoms with Gasteiger partial charge in [-0.1, -0.05) is 30.9 Å². The molecule has 1 unspecified atom stereocenters. The van der Waals surface area contributed by atoms with E-state index in [4.69, 9.17) is 19.9 Å². The molecule has 152 valence electrons. The largest absolute Gasteiger partial charge is 0.459 e. The Morgan fingerprint density at radius 1 is 1.28 bits per heavy atom. The second-order valence-electron chi connectivity index (χ2n) is 6.86. The first-order chi connectivity index (χ1) is 13.7. The summed E-state index contributed by atoms with van der Waals surface area (Å²) in [7, 11) is 0. The molecule has 0 bridgehead atoms. The number of para-hydroxylation sites is 1. The van der Waals surface area contributed by atoms with E-state index in [0.717, 1.165) is 0 Å². The summed E-state index contributed by atoms with van der Waals surface area (Å²) >= 11 is 0. The third kappa shape index (κ3) is 3.06. The van der Waals surface area contributed by atoms with Crippen LogP contribution in [-0.2, 0) is 34.0 Å². The zero-order valence-electron chi connectivity index (χ0n) is 16.4. The Bertz CT molecular complexity index is 975. The summed E-state index contributed by atoms with van der Waals surface area (Å²) in [5.41, 5.74) is 4.63. The summed E-state index contributed by atoms with van der Waals surface area (Å²) < 4.78 is 16.0. The smallest absolute Gasteiger partial charge is 0.341 e. The predicted octanol–water partition coefficient (Wildman–Crippen LogP) is 2.03. The molecular weight excluding hydrogens is 376 g/mol. The fraction of sp³-hybridized carbons (Fsp3) is 0.286. The van der Waals surface area contributed by atoms with Gasteiger partial charge in [0.05, 0.1) is 6.10 Å². The molecule has 8 nitrogen and oxygen atoms in total. The number of rotatable bonds is 5. The summed E-state index contributed by atoms with van der Waals surface area (Å²) in [5, 5.41) is 2.72. The Balaban J connectivity index is 2.32. The number of esters is 2. The zero-order chi connectivity index (χ0) is 21.3. The first-order valence-electron chi connectivity index (χ1n) is 9.04. The molecule has 1 spiro atoms. The van der Waals surface area contributed by atoms with Gasteiger partial charge in [-0.25, -0.2) is 9.59 Å². The molecule has 0 aromatic heterocycles. The molecule has 2 heterocycles. The highest BCUT2D eigenvalue weighted by Gasteiger charge is 2.61. The minimum Gasteiger partial charge on any atom is -0.459 e. The van der Waals surface area contributed by atoms with Gasteiger partial charge < -0.3 is 25.3 Å². The molecule has 0 saturated heterocycles. The minimum atomic E-state index is -1.85. The third-order valence-corrected chi connectivity index (χ3v) is 4.61. The molecule has 3 N–H and O–H groups in total. The summed E-state index contributed by atoms with van der Waals surface area (Å²) in [6.07, 6.45) is 0.918. The summed E-state index contributed by atoms with van der Waals surface area (Å²) in [4.78, 5) is 39.4. The van der Waals surface area contributed by atoms with Crippen LogP contribution in [0.5, 0.6) is 0 Å². The van der Waals surface area contributed by atoms with Gasteiger partial charge in [-0.05, 0) is 26.8 Å². The Labute approximate surface area is 168 Å². The van der Waals surface area contributed by atoms with Crippen molar-refractivity contribution in [3.05, 3.63) is 65.3 Å². The van der Waals surface area contributed by atoms with E-state index >= 15 is 0 Å². The van der Waals surface area contributed by atoms with Crippen molar-refractivity contribution < 1.29 is 28.6 Å². The highest BCUT2D eigenvalue weighted by Crippen LogP contribution is 2.52. The van der Waals surface area contributed by atoms with Crippen LogP contribution < -0.4 is 11.1 Å². The Kier molecular flexibility index (Phi) is 5.19. The molecule has 0 fully saturated rings. The molecule has 0 radical (unpaired) electrons. The van der Waals surface area contributed by atoms with Crippen LogP contribution in [0.2, 0.25) is 0 Å². The van der Waals surface area contributed by atoms with Crippen LogP contribution in [0.3, 0.4) is 0 Å². The van der Waals surface area contributed by atoms with Crippen molar-refractivity contribution >= 4 is 23.5 Å². The molecule has 1 aromatic carbocycles. The minimum absolute atomic E-state index is 0.0697. The van der Waals surface area contributed by atoms with Gasteiger partial charge >= 0.3 is 11.9 Å². The van der Waals surface area contributed by atoms with E-state index in [1.165, 1.54) is 13.0 Å². The lowest BCUT2D eigenvalue weighted by atomic mass is 9.67. The molecular formula is C21H22N2O6. The van der Waals surface area contributed by atoms with Gasteiger partial charge in [0.1, 0.15) is 28.9 Å². The SMILES string of the molecule is C=CCOC(=O)C1=C(N)OC(C)=C(C(=O)OC(C)C)C12C(=O)Nc1ccccc12. The van der Waals surface area contributed by atoms with Crippen molar-refractivity contribution in [2.45, 2.75) is 32.3 Å². The maximum Gasteiger partial charge on any atom is 0.341 e. The van der Waals surface area contributed by atoms with Crippen LogP contribution in [0.1, 0.15) is 26.3 Å². The first-order valence-corrected chi connectivity index (χ1v) is 9.04. The Hall–Kier alpha value is -3.55. The van der Waals surface area contributed by atoms with Gasteiger partial charge in [0.2, 0.25) is 11.8 Å². The van der Waals surface area contributed by atoms with E-state index in [-0.39, 0.29) is 29.4 Å². The lowest BCUT2D eigenvalue weighted by Crippen LogP contribution is -2.48. The zero-order valence-corrected chi connectivity index (χ0v) is 16.4. The number of ether oxygens (including phenoxy) is 3. The third-order valence-electron chi connectivity index (χ3n) is 4.61. The van der Waals surface area contributed by atoms with Crippen molar-refractivity contribution in [2.75, 3.05) is 11.9 Å². The molecule has 0 saturated carbocycles. The summed E-state index contributed by atoms with van der Waals surface area (Å²) in [5.74, 6) is -2.54. The Morgan fingerprint density at radius 2 is 1.97 bits per heavy atom. The average Bonchev–Trinajstić information content (AvgIpc) is 2.91. The second-order valence-corrected chi connectivity index (χ2v) is 6.86. The number of fused-ring (bicyclic) bond motifs is 2. The van der Waals surface area contributed by atoms with Crippen molar-refractivity contribution in [3.8, 4) is 0 Å². The van der Waals surface area contributed by atoms with E-state index in [2.05, 4.69) is 11.9 Å². The van der Waals surface area contributed by atoms with Gasteiger partial charge in [0.25, 0.3) is 0 Å². The number of carbonyl (C=O) groups is 3. The Morgan fingerprint density at radius 3 is 2.62 bits per heavy atom. The van der Waals surface area contributed by atoms with Gasteiger partial charge in [0.15, 0.2) is 0 Å². The van der Waals surface area contributed by atoms with Crippen molar-refractivity contribution in [1.29, 1.82) is 0 Å². The molecule has 2 aliphatic heterocycles. The van der Waals surface area contributed by atoms with E-state index in [1.807, 2.05) is 0 Å². The van der Waals surface area contributed by atoms with Gasteiger partial charge in [-0.2, -0.15) is 0 Å². The van der Waals surface area contributed by atoms with E-state index < -0.39 is 29.4 Å². The van der Waals surface area contributed by atoms with Gasteiger partial charge in [-0.3, -0.25) is 4.79 Å². The standard InChI is InChI=1S/C21H22N2O6/c1-5-10-27-18(24)16-17(22)29-12(4)15(19(25)28-11(2)3)21(16)13-8-6-7-9-14(13)23-20(21)26/h5-9,11H,1,10,22H2,2-4H3,(H,23,26). The predicted molar refractivity (Wildman–Crippen MR) is 104 cm³/mol. The number of nitrogens with one attached hydrogen (secondary N) is 1. The van der Waals surface area contributed by atoms with Gasteiger partial charge in [0, 0.05) is 11.3 Å². The molecule has 3 rings (SSSR count). The maximum atomic E-state index is 13.4. The van der Waals surface area contributed by atoms with Crippen molar-refractivity contribution in [3.63, 3.8) is 0 Å². The highest BCUT2D eigenvalue weighted by atomic mass is 16.6. The molecule has 1 atom stereocenters. The molecule has 1 amide bonds. The number of amides is 1.